The van der Waals surface area contributed by atoms with Crippen LogP contribution in [0.25, 0.3) is 0 Å². The molecule has 1 fully saturated rings. The third-order valence-corrected chi connectivity index (χ3v) is 3.76. The van der Waals surface area contributed by atoms with Gasteiger partial charge in [0.2, 0.25) is 0 Å². The van der Waals surface area contributed by atoms with Gasteiger partial charge in [-0.2, -0.15) is 0 Å². The first-order chi connectivity index (χ1) is 10.3. The first-order valence-electron chi connectivity index (χ1n) is 7.10. The molecular formula is C16H18ClN3O. The molecule has 0 radical (unpaired) electrons. The van der Waals surface area contributed by atoms with E-state index in [9.17, 15) is 0 Å². The van der Waals surface area contributed by atoms with Gasteiger partial charge in [0.05, 0.1) is 0 Å². The molecule has 1 aromatic heterocycles. The zero-order chi connectivity index (χ0) is 14.5. The summed E-state index contributed by atoms with van der Waals surface area (Å²) >= 11 is 5.97. The number of halogens is 1. The average molecular weight is 304 g/mol. The van der Waals surface area contributed by atoms with Gasteiger partial charge < -0.3 is 15.0 Å². The second-order valence-corrected chi connectivity index (χ2v) is 5.42. The number of aromatic nitrogens is 1. The maximum atomic E-state index is 5.97. The van der Waals surface area contributed by atoms with Gasteiger partial charge in [0.1, 0.15) is 12.4 Å². The molecule has 0 bridgehead atoms. The molecule has 3 rings (SSSR count). The van der Waals surface area contributed by atoms with E-state index in [-0.39, 0.29) is 0 Å². The van der Waals surface area contributed by atoms with E-state index in [2.05, 4.69) is 21.3 Å². The molecule has 21 heavy (non-hydrogen) atoms. The fraction of sp³-hybridized carbons (Fsp3) is 0.312. The van der Waals surface area contributed by atoms with Crippen molar-refractivity contribution in [2.24, 2.45) is 0 Å². The van der Waals surface area contributed by atoms with Crippen LogP contribution >= 0.6 is 11.6 Å². The number of nitrogens with one attached hydrogen (secondary N) is 1. The fourth-order valence-corrected chi connectivity index (χ4v) is 2.64. The van der Waals surface area contributed by atoms with Crippen LogP contribution in [0, 0.1) is 0 Å². The summed E-state index contributed by atoms with van der Waals surface area (Å²) in [6, 6.07) is 9.51. The molecule has 0 saturated carbocycles. The maximum absolute atomic E-state index is 5.97. The van der Waals surface area contributed by atoms with Gasteiger partial charge in [-0.05, 0) is 24.3 Å². The molecule has 1 saturated heterocycles. The Bertz CT molecular complexity index is 600. The molecule has 0 aliphatic carbocycles. The smallest absolute Gasteiger partial charge is 0.121 e. The molecule has 110 valence electrons. The van der Waals surface area contributed by atoms with Gasteiger partial charge in [0.25, 0.3) is 0 Å². The molecule has 5 heteroatoms. The topological polar surface area (TPSA) is 37.4 Å². The summed E-state index contributed by atoms with van der Waals surface area (Å²) in [7, 11) is 0. The van der Waals surface area contributed by atoms with E-state index in [1.165, 1.54) is 5.69 Å². The lowest BCUT2D eigenvalue weighted by Crippen LogP contribution is -2.44. The van der Waals surface area contributed by atoms with Crippen LogP contribution in [-0.2, 0) is 6.61 Å². The van der Waals surface area contributed by atoms with Gasteiger partial charge in [0.15, 0.2) is 0 Å². The monoisotopic (exact) mass is 303 g/mol. The zero-order valence-corrected chi connectivity index (χ0v) is 12.5. The summed E-state index contributed by atoms with van der Waals surface area (Å²) in [6.07, 6.45) is 3.71. The second-order valence-electron chi connectivity index (χ2n) is 4.99. The zero-order valence-electron chi connectivity index (χ0n) is 11.8. The number of hydrogen-bond donors (Lipinski definition) is 1. The minimum absolute atomic E-state index is 0.493. The highest BCUT2D eigenvalue weighted by Crippen LogP contribution is 2.23. The van der Waals surface area contributed by atoms with Gasteiger partial charge in [-0.25, -0.2) is 0 Å². The Kier molecular flexibility index (Phi) is 4.58. The van der Waals surface area contributed by atoms with Crippen LogP contribution in [0.4, 0.5) is 5.69 Å². The van der Waals surface area contributed by atoms with Gasteiger partial charge in [-0.3, -0.25) is 4.98 Å². The molecule has 2 aromatic rings. The SMILES string of the molecule is Clc1cccc(OCc2cnccc2N2CCNCC2)c1. The Morgan fingerprint density at radius 3 is 2.90 bits per heavy atom. The number of ether oxygens (including phenoxy) is 1. The Hall–Kier alpha value is -1.78. The number of rotatable bonds is 4. The standard InChI is InChI=1S/C16H18ClN3O/c17-14-2-1-3-15(10-14)21-12-13-11-19-5-4-16(13)20-8-6-18-7-9-20/h1-5,10-11,18H,6-9,12H2. The summed E-state index contributed by atoms with van der Waals surface area (Å²) in [5, 5.41) is 4.05. The van der Waals surface area contributed by atoms with Gasteiger partial charge >= 0.3 is 0 Å². The molecule has 2 heterocycles. The van der Waals surface area contributed by atoms with Gasteiger partial charge in [-0.1, -0.05) is 17.7 Å². The van der Waals surface area contributed by atoms with E-state index in [0.29, 0.717) is 11.6 Å². The van der Waals surface area contributed by atoms with Crippen LogP contribution in [0.3, 0.4) is 0 Å². The van der Waals surface area contributed by atoms with Gasteiger partial charge in [0, 0.05) is 54.8 Å². The largest absolute Gasteiger partial charge is 0.489 e. The number of nitrogens with zero attached hydrogens (tertiary/aromatic N) is 2. The molecule has 1 N–H and O–H groups in total. The molecular weight excluding hydrogens is 286 g/mol. The van der Waals surface area contributed by atoms with E-state index in [0.717, 1.165) is 37.5 Å². The fourth-order valence-electron chi connectivity index (χ4n) is 2.46. The van der Waals surface area contributed by atoms with Crippen molar-refractivity contribution >= 4 is 17.3 Å². The predicted molar refractivity (Wildman–Crippen MR) is 85.1 cm³/mol. The maximum Gasteiger partial charge on any atom is 0.121 e. The van der Waals surface area contributed by atoms with Gasteiger partial charge in [-0.15, -0.1) is 0 Å². The van der Waals surface area contributed by atoms with Crippen LogP contribution in [-0.4, -0.2) is 31.2 Å². The number of anilines is 1. The number of hydrogen-bond acceptors (Lipinski definition) is 4. The third kappa shape index (κ3) is 3.65. The Balaban J connectivity index is 1.73. The van der Waals surface area contributed by atoms with Crippen LogP contribution in [0.2, 0.25) is 5.02 Å². The molecule has 0 spiro atoms. The van der Waals surface area contributed by atoms with Crippen molar-refractivity contribution in [2.45, 2.75) is 6.61 Å². The Morgan fingerprint density at radius 1 is 1.24 bits per heavy atom. The first-order valence-corrected chi connectivity index (χ1v) is 7.47. The second kappa shape index (κ2) is 6.78. The first kappa shape index (κ1) is 14.2. The third-order valence-electron chi connectivity index (χ3n) is 3.53. The summed E-state index contributed by atoms with van der Waals surface area (Å²) in [6.45, 7) is 4.53. The average Bonchev–Trinajstić information content (AvgIpc) is 2.54. The lowest BCUT2D eigenvalue weighted by molar-refractivity contribution is 0.306. The van der Waals surface area contributed by atoms with Crippen molar-refractivity contribution in [3.63, 3.8) is 0 Å². The van der Waals surface area contributed by atoms with E-state index in [1.807, 2.05) is 36.7 Å². The molecule has 1 aliphatic heterocycles. The highest BCUT2D eigenvalue weighted by atomic mass is 35.5. The summed E-state index contributed by atoms with van der Waals surface area (Å²) in [5.74, 6) is 0.776. The van der Waals surface area contributed by atoms with Crippen LogP contribution in [0.5, 0.6) is 5.75 Å². The van der Waals surface area contributed by atoms with Crippen LogP contribution in [0.1, 0.15) is 5.56 Å². The highest BCUT2D eigenvalue weighted by molar-refractivity contribution is 6.30. The normalized spacial score (nSPS) is 15.0. The number of pyridine rings is 1. The Morgan fingerprint density at radius 2 is 2.10 bits per heavy atom. The van der Waals surface area contributed by atoms with E-state index < -0.39 is 0 Å². The van der Waals surface area contributed by atoms with Crippen molar-refractivity contribution < 1.29 is 4.74 Å². The summed E-state index contributed by atoms with van der Waals surface area (Å²) in [5.41, 5.74) is 2.30. The lowest BCUT2D eigenvalue weighted by atomic mass is 10.2. The lowest BCUT2D eigenvalue weighted by Gasteiger charge is -2.30. The molecule has 4 nitrogen and oxygen atoms in total. The quantitative estimate of drug-likeness (QED) is 0.942. The Labute approximate surface area is 129 Å². The van der Waals surface area contributed by atoms with Crippen LogP contribution in [0.15, 0.2) is 42.7 Å². The van der Waals surface area contributed by atoms with E-state index in [1.54, 1.807) is 0 Å². The van der Waals surface area contributed by atoms with Crippen molar-refractivity contribution in [3.05, 3.63) is 53.3 Å². The molecule has 0 unspecified atom stereocenters. The van der Waals surface area contributed by atoms with E-state index >= 15 is 0 Å². The van der Waals surface area contributed by atoms with Crippen molar-refractivity contribution in [2.75, 3.05) is 31.1 Å². The molecule has 1 aliphatic rings. The summed E-state index contributed by atoms with van der Waals surface area (Å²) < 4.78 is 5.84. The summed E-state index contributed by atoms with van der Waals surface area (Å²) in [4.78, 5) is 6.59. The molecule has 0 atom stereocenters. The number of benzene rings is 1. The number of piperazine rings is 1. The minimum atomic E-state index is 0.493. The highest BCUT2D eigenvalue weighted by Gasteiger charge is 2.14. The van der Waals surface area contributed by atoms with Crippen molar-refractivity contribution in [3.8, 4) is 5.75 Å². The molecule has 1 aromatic carbocycles. The van der Waals surface area contributed by atoms with Crippen molar-refractivity contribution in [1.29, 1.82) is 0 Å². The minimum Gasteiger partial charge on any atom is -0.489 e. The van der Waals surface area contributed by atoms with E-state index in [4.69, 9.17) is 16.3 Å². The molecule has 0 amide bonds. The van der Waals surface area contributed by atoms with Crippen LogP contribution < -0.4 is 15.0 Å². The van der Waals surface area contributed by atoms with Crippen molar-refractivity contribution in [1.82, 2.24) is 10.3 Å². The predicted octanol–water partition coefficient (Wildman–Crippen LogP) is 2.72.